The molecule has 0 saturated carbocycles. The fourth-order valence-corrected chi connectivity index (χ4v) is 1.43. The van der Waals surface area contributed by atoms with Crippen molar-refractivity contribution in [2.75, 3.05) is 0 Å². The van der Waals surface area contributed by atoms with Gasteiger partial charge in [-0.25, -0.2) is 9.97 Å². The summed E-state index contributed by atoms with van der Waals surface area (Å²) in [5.74, 6) is 0. The third-order valence-electron chi connectivity index (χ3n) is 1.53. The van der Waals surface area contributed by atoms with Crippen LogP contribution in [-0.2, 0) is 0 Å². The standard InChI is InChI=1S/C6H3BrN4O2.K/c7-4-2-3(8-1-9-4)6(13)11-10-5(2)12;/h1H,(H,10,12)(H,11,13);/q;+1. The SMILES string of the molecule is O=c1[nH][nH]c(=O)c2c(Br)ncnc12.[K+]. The first-order chi connectivity index (χ1) is 6.20. The van der Waals surface area contributed by atoms with E-state index in [0.29, 0.717) is 4.60 Å². The molecule has 0 spiro atoms. The van der Waals surface area contributed by atoms with Crippen molar-refractivity contribution in [1.82, 2.24) is 20.2 Å². The molecule has 0 bridgehead atoms. The van der Waals surface area contributed by atoms with E-state index < -0.39 is 11.1 Å². The molecule has 2 N–H and O–H groups in total. The topological polar surface area (TPSA) is 91.5 Å². The second kappa shape index (κ2) is 4.77. The molecule has 2 aromatic heterocycles. The van der Waals surface area contributed by atoms with Gasteiger partial charge in [0.15, 0.2) is 0 Å². The van der Waals surface area contributed by atoms with Crippen LogP contribution in [0.25, 0.3) is 10.9 Å². The van der Waals surface area contributed by atoms with Crippen molar-refractivity contribution >= 4 is 26.8 Å². The summed E-state index contributed by atoms with van der Waals surface area (Å²) >= 11 is 3.06. The Labute approximate surface area is 128 Å². The normalized spacial score (nSPS) is 9.79. The van der Waals surface area contributed by atoms with E-state index in [1.165, 1.54) is 6.33 Å². The number of hydrogen-bond acceptors (Lipinski definition) is 4. The molecule has 66 valence electrons. The zero-order chi connectivity index (χ0) is 9.42. The number of rotatable bonds is 0. The zero-order valence-electron chi connectivity index (χ0n) is 7.17. The average molecular weight is 282 g/mol. The van der Waals surface area contributed by atoms with Crippen LogP contribution in [0, 0.1) is 0 Å². The smallest absolute Gasteiger partial charge is 0.267 e. The number of H-pyrrole nitrogens is 2. The molecule has 2 rings (SSSR count). The minimum absolute atomic E-state index is 0. The molecule has 0 aromatic carbocycles. The Morgan fingerprint density at radius 2 is 1.79 bits per heavy atom. The molecule has 14 heavy (non-hydrogen) atoms. The van der Waals surface area contributed by atoms with Gasteiger partial charge < -0.3 is 0 Å². The predicted molar refractivity (Wildman–Crippen MR) is 48.5 cm³/mol. The molecule has 0 unspecified atom stereocenters. The Hall–Kier alpha value is 0.136. The number of nitrogens with zero attached hydrogens (tertiary/aromatic N) is 2. The second-order valence-corrected chi connectivity index (χ2v) is 3.05. The summed E-state index contributed by atoms with van der Waals surface area (Å²) in [6, 6.07) is 0. The molecule has 0 saturated heterocycles. The first-order valence-corrected chi connectivity index (χ1v) is 4.10. The van der Waals surface area contributed by atoms with Crippen LogP contribution >= 0.6 is 15.9 Å². The van der Waals surface area contributed by atoms with Crippen molar-refractivity contribution in [1.29, 1.82) is 0 Å². The Kier molecular flexibility index (Phi) is 4.16. The fraction of sp³-hybridized carbons (Fsp3) is 0. The van der Waals surface area contributed by atoms with E-state index in [4.69, 9.17) is 0 Å². The Bertz CT molecular complexity index is 578. The van der Waals surface area contributed by atoms with Crippen molar-refractivity contribution < 1.29 is 51.4 Å². The molecule has 2 aromatic rings. The number of aromatic nitrogens is 4. The van der Waals surface area contributed by atoms with Gasteiger partial charge in [-0.2, -0.15) is 0 Å². The molecule has 0 aliphatic rings. The molecule has 0 atom stereocenters. The number of hydrogen-bond donors (Lipinski definition) is 2. The van der Waals surface area contributed by atoms with Crippen molar-refractivity contribution in [2.45, 2.75) is 0 Å². The van der Waals surface area contributed by atoms with Gasteiger partial charge in [0, 0.05) is 0 Å². The summed E-state index contributed by atoms with van der Waals surface area (Å²) in [6.07, 6.45) is 1.21. The Morgan fingerprint density at radius 1 is 1.14 bits per heavy atom. The summed E-state index contributed by atoms with van der Waals surface area (Å²) in [5.41, 5.74) is -0.801. The first kappa shape index (κ1) is 12.2. The van der Waals surface area contributed by atoms with Gasteiger partial charge >= 0.3 is 51.4 Å². The van der Waals surface area contributed by atoms with Gasteiger partial charge in [-0.3, -0.25) is 19.8 Å². The monoisotopic (exact) mass is 281 g/mol. The second-order valence-electron chi connectivity index (χ2n) is 2.30. The minimum Gasteiger partial charge on any atom is -0.267 e. The molecule has 0 aliphatic heterocycles. The van der Waals surface area contributed by atoms with Crippen LogP contribution in [0.3, 0.4) is 0 Å². The third kappa shape index (κ3) is 2.04. The number of fused-ring (bicyclic) bond motifs is 1. The van der Waals surface area contributed by atoms with Crippen molar-refractivity contribution in [2.24, 2.45) is 0 Å². The van der Waals surface area contributed by atoms with Crippen molar-refractivity contribution in [3.63, 3.8) is 0 Å². The van der Waals surface area contributed by atoms with Crippen molar-refractivity contribution in [3.8, 4) is 0 Å². The largest absolute Gasteiger partial charge is 1.00 e. The Balaban J connectivity index is 0.000000980. The van der Waals surface area contributed by atoms with Gasteiger partial charge in [-0.1, -0.05) is 0 Å². The molecular weight excluding hydrogens is 279 g/mol. The van der Waals surface area contributed by atoms with Crippen LogP contribution in [0.1, 0.15) is 0 Å². The van der Waals surface area contributed by atoms with Crippen LogP contribution in [0.5, 0.6) is 0 Å². The van der Waals surface area contributed by atoms with E-state index in [-0.39, 0.29) is 62.3 Å². The summed E-state index contributed by atoms with van der Waals surface area (Å²) in [7, 11) is 0. The van der Waals surface area contributed by atoms with E-state index in [9.17, 15) is 9.59 Å². The molecule has 8 heteroatoms. The van der Waals surface area contributed by atoms with Crippen LogP contribution in [0.15, 0.2) is 20.5 Å². The Morgan fingerprint density at radius 3 is 2.43 bits per heavy atom. The van der Waals surface area contributed by atoms with Gasteiger partial charge in [-0.05, 0) is 15.9 Å². The quantitative estimate of drug-likeness (QED) is 0.393. The maximum absolute atomic E-state index is 11.2. The number of halogens is 1. The molecule has 0 aliphatic carbocycles. The maximum Gasteiger partial charge on any atom is 1.00 e. The molecule has 2 heterocycles. The van der Waals surface area contributed by atoms with E-state index in [2.05, 4.69) is 36.1 Å². The van der Waals surface area contributed by atoms with Gasteiger partial charge in [0.25, 0.3) is 11.1 Å². The fourth-order valence-electron chi connectivity index (χ4n) is 0.973. The predicted octanol–water partition coefficient (Wildman–Crippen LogP) is -3.23. The minimum atomic E-state index is -0.447. The van der Waals surface area contributed by atoms with Gasteiger partial charge in [0.1, 0.15) is 21.8 Å². The van der Waals surface area contributed by atoms with Gasteiger partial charge in [-0.15, -0.1) is 0 Å². The van der Waals surface area contributed by atoms with Crippen LogP contribution in [-0.4, -0.2) is 20.2 Å². The molecule has 0 radical (unpaired) electrons. The van der Waals surface area contributed by atoms with Crippen LogP contribution in [0.2, 0.25) is 0 Å². The van der Waals surface area contributed by atoms with E-state index in [0.717, 1.165) is 0 Å². The summed E-state index contributed by atoms with van der Waals surface area (Å²) < 4.78 is 0.310. The maximum atomic E-state index is 11.2. The van der Waals surface area contributed by atoms with Gasteiger partial charge in [0.05, 0.1) is 0 Å². The molecule has 0 amide bonds. The summed E-state index contributed by atoms with van der Waals surface area (Å²) in [5, 5.41) is 4.50. The van der Waals surface area contributed by atoms with E-state index in [1.807, 2.05) is 0 Å². The van der Waals surface area contributed by atoms with Crippen LogP contribution in [0.4, 0.5) is 0 Å². The van der Waals surface area contributed by atoms with E-state index in [1.54, 1.807) is 0 Å². The van der Waals surface area contributed by atoms with Crippen LogP contribution < -0.4 is 62.5 Å². The summed E-state index contributed by atoms with van der Waals surface area (Å²) in [4.78, 5) is 29.8. The molecular formula is C6H3BrKN4O2+. The average Bonchev–Trinajstić information content (AvgIpc) is 2.12. The third-order valence-corrected chi connectivity index (χ3v) is 2.13. The zero-order valence-corrected chi connectivity index (χ0v) is 11.9. The first-order valence-electron chi connectivity index (χ1n) is 3.31. The number of aromatic amines is 2. The number of nitrogens with one attached hydrogen (secondary N) is 2. The van der Waals surface area contributed by atoms with Crippen molar-refractivity contribution in [3.05, 3.63) is 31.6 Å². The van der Waals surface area contributed by atoms with Gasteiger partial charge in [0.2, 0.25) is 0 Å². The molecule has 0 fully saturated rings. The van der Waals surface area contributed by atoms with E-state index >= 15 is 0 Å². The molecule has 6 nitrogen and oxygen atoms in total. The summed E-state index contributed by atoms with van der Waals surface area (Å²) in [6.45, 7) is 0.